The van der Waals surface area contributed by atoms with Crippen molar-refractivity contribution in [1.29, 1.82) is 0 Å². The number of phosphoric acid groups is 1. The number of phosphoric ester groups is 1. The van der Waals surface area contributed by atoms with Gasteiger partial charge in [0, 0.05) is 6.42 Å². The zero-order valence-corrected chi connectivity index (χ0v) is 37.4. The summed E-state index contributed by atoms with van der Waals surface area (Å²) in [6.07, 6.45) is 41.2. The molecule has 0 bridgehead atoms. The number of aliphatic hydroxyl groups excluding tert-OH is 3. The smallest absolute Gasteiger partial charge is 0.268 e. The minimum Gasteiger partial charge on any atom is -0.756 e. The summed E-state index contributed by atoms with van der Waals surface area (Å²) in [5, 5.41) is 33.8. The summed E-state index contributed by atoms with van der Waals surface area (Å²) in [4.78, 5) is 25.3. The summed E-state index contributed by atoms with van der Waals surface area (Å²) in [5.41, 5.74) is 0. The van der Waals surface area contributed by atoms with Crippen molar-refractivity contribution in [3.63, 3.8) is 0 Å². The Morgan fingerprint density at radius 2 is 1.21 bits per heavy atom. The predicted molar refractivity (Wildman–Crippen MR) is 236 cm³/mol. The molecule has 11 heteroatoms. The van der Waals surface area contributed by atoms with Crippen molar-refractivity contribution in [2.75, 3.05) is 40.9 Å². The second-order valence-corrected chi connectivity index (χ2v) is 17.5. The van der Waals surface area contributed by atoms with Crippen molar-refractivity contribution in [3.8, 4) is 0 Å². The molecule has 0 aromatic heterocycles. The van der Waals surface area contributed by atoms with Crippen LogP contribution in [0.4, 0.5) is 0 Å². The summed E-state index contributed by atoms with van der Waals surface area (Å²) in [7, 11) is 1.18. The van der Waals surface area contributed by atoms with Gasteiger partial charge in [-0.15, -0.1) is 0 Å². The van der Waals surface area contributed by atoms with Gasteiger partial charge in [-0.3, -0.25) is 9.36 Å². The Labute approximate surface area is 348 Å². The van der Waals surface area contributed by atoms with Crippen LogP contribution in [0.25, 0.3) is 0 Å². The number of allylic oxidation sites excluding steroid dienone is 8. The topological polar surface area (TPSA) is 148 Å². The maximum Gasteiger partial charge on any atom is 0.268 e. The Balaban J connectivity index is 4.65. The van der Waals surface area contributed by atoms with E-state index in [-0.39, 0.29) is 18.9 Å². The Bertz CT molecular complexity index is 1190. The molecule has 0 heterocycles. The monoisotopic (exact) mass is 823 g/mol. The van der Waals surface area contributed by atoms with Crippen molar-refractivity contribution < 1.29 is 43.1 Å². The van der Waals surface area contributed by atoms with E-state index in [1.807, 2.05) is 63.7 Å². The second kappa shape index (κ2) is 36.9. The molecule has 1 unspecified atom stereocenters. The van der Waals surface area contributed by atoms with Crippen LogP contribution in [0.15, 0.2) is 72.9 Å². The summed E-state index contributed by atoms with van der Waals surface area (Å²) in [6.45, 7) is 4.36. The quantitative estimate of drug-likeness (QED) is 0.0158. The Morgan fingerprint density at radius 3 is 1.74 bits per heavy atom. The minimum atomic E-state index is -4.61. The summed E-state index contributed by atoms with van der Waals surface area (Å²) in [5.74, 6) is -0.296. The molecule has 4 N–H and O–H groups in total. The van der Waals surface area contributed by atoms with Gasteiger partial charge in [0.25, 0.3) is 7.82 Å². The van der Waals surface area contributed by atoms with E-state index in [2.05, 4.69) is 19.2 Å². The molecule has 0 radical (unpaired) electrons. The molecule has 330 valence electrons. The predicted octanol–water partition coefficient (Wildman–Crippen LogP) is 9.33. The highest BCUT2D eigenvalue weighted by atomic mass is 31.2. The lowest BCUT2D eigenvalue weighted by Gasteiger charge is -2.30. The van der Waals surface area contributed by atoms with E-state index in [0.717, 1.165) is 25.7 Å². The third-order valence-electron chi connectivity index (χ3n) is 9.39. The van der Waals surface area contributed by atoms with E-state index >= 15 is 0 Å². The van der Waals surface area contributed by atoms with Gasteiger partial charge in [0.2, 0.25) is 5.91 Å². The highest BCUT2D eigenvalue weighted by Crippen LogP contribution is 2.38. The fourth-order valence-corrected chi connectivity index (χ4v) is 6.55. The molecule has 0 aliphatic rings. The molecule has 0 saturated heterocycles. The van der Waals surface area contributed by atoms with E-state index in [0.29, 0.717) is 43.1 Å². The maximum absolute atomic E-state index is 12.8. The van der Waals surface area contributed by atoms with Gasteiger partial charge in [-0.05, 0) is 38.5 Å². The van der Waals surface area contributed by atoms with Gasteiger partial charge < -0.3 is 39.1 Å². The lowest BCUT2D eigenvalue weighted by Crippen LogP contribution is -2.46. The van der Waals surface area contributed by atoms with Crippen molar-refractivity contribution in [2.45, 2.75) is 173 Å². The number of quaternary nitrogens is 1. The second-order valence-electron chi connectivity index (χ2n) is 16.1. The van der Waals surface area contributed by atoms with Crippen molar-refractivity contribution in [1.82, 2.24) is 5.32 Å². The highest BCUT2D eigenvalue weighted by Gasteiger charge is 2.24. The lowest BCUT2D eigenvalue weighted by molar-refractivity contribution is -0.870. The van der Waals surface area contributed by atoms with Crippen LogP contribution in [0.5, 0.6) is 0 Å². The summed E-state index contributed by atoms with van der Waals surface area (Å²) < 4.78 is 23.2. The average Bonchev–Trinajstić information content (AvgIpc) is 3.15. The minimum absolute atomic E-state index is 0.0251. The normalized spacial score (nSPS) is 16.2. The molecule has 0 rings (SSSR count). The number of hydrogen-bond donors (Lipinski definition) is 4. The van der Waals surface area contributed by atoms with Crippen LogP contribution in [-0.4, -0.2) is 91.0 Å². The molecular formula is C46H83N2O8P. The zero-order chi connectivity index (χ0) is 42.5. The molecule has 0 fully saturated rings. The molecule has 0 saturated carbocycles. The van der Waals surface area contributed by atoms with Gasteiger partial charge in [-0.25, -0.2) is 0 Å². The first kappa shape index (κ1) is 54.9. The molecule has 0 spiro atoms. The zero-order valence-electron chi connectivity index (χ0n) is 36.5. The Kier molecular flexibility index (Phi) is 35.5. The summed E-state index contributed by atoms with van der Waals surface area (Å²) in [6, 6.07) is -0.881. The van der Waals surface area contributed by atoms with Gasteiger partial charge in [0.05, 0.1) is 52.1 Å². The molecule has 0 aliphatic carbocycles. The van der Waals surface area contributed by atoms with Gasteiger partial charge in [0.1, 0.15) is 13.2 Å². The molecule has 0 aromatic carbocycles. The first-order valence-electron chi connectivity index (χ1n) is 22.0. The first-order chi connectivity index (χ1) is 27.3. The van der Waals surface area contributed by atoms with Crippen molar-refractivity contribution in [2.24, 2.45) is 0 Å². The number of nitrogens with one attached hydrogen (secondary N) is 1. The fourth-order valence-electron chi connectivity index (χ4n) is 5.82. The molecule has 0 aromatic rings. The maximum atomic E-state index is 12.8. The van der Waals surface area contributed by atoms with Gasteiger partial charge >= 0.3 is 0 Å². The van der Waals surface area contributed by atoms with E-state index < -0.39 is 38.8 Å². The number of hydrogen-bond acceptors (Lipinski definition) is 8. The third-order valence-corrected chi connectivity index (χ3v) is 10.4. The Hall–Kier alpha value is -2.14. The number of rotatable bonds is 38. The van der Waals surface area contributed by atoms with E-state index in [1.165, 1.54) is 70.6 Å². The summed E-state index contributed by atoms with van der Waals surface area (Å²) >= 11 is 0. The first-order valence-corrected chi connectivity index (χ1v) is 23.5. The van der Waals surface area contributed by atoms with Crippen LogP contribution in [0, 0.1) is 0 Å². The Morgan fingerprint density at radius 1 is 0.702 bits per heavy atom. The van der Waals surface area contributed by atoms with Crippen molar-refractivity contribution >= 4 is 13.7 Å². The standard InChI is InChI=1S/C46H83N2O8P/c1-6-8-10-11-12-13-14-15-16-17-18-19-23-31-37-45(51)44(41-56-57(53,54)55-40-39-48(3,4)5)47-46(52)38-32-24-21-20-22-28-34-43(50)36-30-26-25-29-35-42(49)33-27-9-7-2/h9,21-22,24-30,35-36,42-45,49-51H,6-8,10-20,23,31-34,37-41H2,1-5H3,(H-,47,52,53,54)/b24-21-,26-25-,27-9-,28-22-,35-29+,36-30+/t42-,43+,44-,45+/m0/s1. The molecule has 0 aliphatic heterocycles. The van der Waals surface area contributed by atoms with E-state index in [4.69, 9.17) is 9.05 Å². The fraction of sp³-hybridized carbons (Fsp3) is 0.717. The van der Waals surface area contributed by atoms with Crippen LogP contribution in [0.3, 0.4) is 0 Å². The number of aliphatic hydroxyl groups is 3. The number of carbonyl (C=O) groups excluding carboxylic acids is 1. The third kappa shape index (κ3) is 39.1. The average molecular weight is 823 g/mol. The number of carbonyl (C=O) groups is 1. The van der Waals surface area contributed by atoms with Crippen molar-refractivity contribution in [3.05, 3.63) is 72.9 Å². The number of amides is 1. The number of unbranched alkanes of at least 4 members (excludes halogenated alkanes) is 13. The van der Waals surface area contributed by atoms with Gasteiger partial charge in [-0.1, -0.05) is 177 Å². The number of nitrogens with zero attached hydrogens (tertiary/aromatic N) is 1. The van der Waals surface area contributed by atoms with E-state index in [1.54, 1.807) is 30.4 Å². The van der Waals surface area contributed by atoms with Crippen LogP contribution in [0.2, 0.25) is 0 Å². The van der Waals surface area contributed by atoms with Crippen LogP contribution in [-0.2, 0) is 18.4 Å². The molecule has 1 amide bonds. The van der Waals surface area contributed by atoms with Crippen LogP contribution in [0.1, 0.15) is 149 Å². The molecule has 10 nitrogen and oxygen atoms in total. The van der Waals surface area contributed by atoms with Gasteiger partial charge in [0.15, 0.2) is 0 Å². The van der Waals surface area contributed by atoms with E-state index in [9.17, 15) is 29.6 Å². The molecular weight excluding hydrogens is 739 g/mol. The lowest BCUT2D eigenvalue weighted by atomic mass is 10.0. The molecule has 5 atom stereocenters. The largest absolute Gasteiger partial charge is 0.756 e. The highest BCUT2D eigenvalue weighted by molar-refractivity contribution is 7.45. The SMILES string of the molecule is CC/C=C\C[C@H](O)/C=C/C=C\C=C\[C@H](O)C/C=C\C/C=C\CCC(=O)N[C@@H](COP(=O)([O-])OCC[N+](C)(C)C)[C@H](O)CCCCCCCCCCCCCCCC. The van der Waals surface area contributed by atoms with Gasteiger partial charge in [-0.2, -0.15) is 0 Å². The van der Waals surface area contributed by atoms with Crippen LogP contribution >= 0.6 is 7.82 Å². The molecule has 57 heavy (non-hydrogen) atoms. The van der Waals surface area contributed by atoms with Crippen LogP contribution < -0.4 is 10.2 Å². The number of likely N-dealkylation sites (N-methyl/N-ethyl adjacent to an activating group) is 1.